The van der Waals surface area contributed by atoms with Crippen molar-refractivity contribution in [2.24, 2.45) is 11.7 Å². The normalized spacial score (nSPS) is 34.1. The average molecular weight is 228 g/mol. The lowest BCUT2D eigenvalue weighted by Gasteiger charge is -2.38. The Labute approximate surface area is 98.1 Å². The van der Waals surface area contributed by atoms with Crippen molar-refractivity contribution >= 4 is 0 Å². The van der Waals surface area contributed by atoms with Crippen molar-refractivity contribution in [2.45, 2.75) is 32.0 Å². The van der Waals surface area contributed by atoms with Crippen molar-refractivity contribution in [3.8, 4) is 0 Å². The highest BCUT2D eigenvalue weighted by Crippen LogP contribution is 2.19. The fourth-order valence-electron chi connectivity index (χ4n) is 2.71. The minimum atomic E-state index is 0.226. The summed E-state index contributed by atoms with van der Waals surface area (Å²) < 4.78 is 11.2. The third kappa shape index (κ3) is 3.42. The fourth-order valence-corrected chi connectivity index (χ4v) is 2.71. The molecule has 2 heterocycles. The minimum Gasteiger partial charge on any atom is -0.381 e. The van der Waals surface area contributed by atoms with E-state index in [1.54, 1.807) is 0 Å². The van der Waals surface area contributed by atoms with Crippen LogP contribution < -0.4 is 5.73 Å². The second kappa shape index (κ2) is 5.96. The fraction of sp³-hybridized carbons (Fsp3) is 1.00. The summed E-state index contributed by atoms with van der Waals surface area (Å²) in [7, 11) is 0. The predicted molar refractivity (Wildman–Crippen MR) is 63.4 cm³/mol. The van der Waals surface area contributed by atoms with E-state index in [-0.39, 0.29) is 6.10 Å². The zero-order chi connectivity index (χ0) is 11.4. The van der Waals surface area contributed by atoms with Crippen LogP contribution in [0.15, 0.2) is 0 Å². The maximum absolute atomic E-state index is 5.76. The van der Waals surface area contributed by atoms with Crippen LogP contribution in [-0.2, 0) is 9.47 Å². The van der Waals surface area contributed by atoms with Gasteiger partial charge in [0, 0.05) is 39.4 Å². The van der Waals surface area contributed by atoms with E-state index < -0.39 is 0 Å². The van der Waals surface area contributed by atoms with Gasteiger partial charge in [-0.1, -0.05) is 0 Å². The van der Waals surface area contributed by atoms with Gasteiger partial charge in [0.15, 0.2) is 0 Å². The summed E-state index contributed by atoms with van der Waals surface area (Å²) in [5, 5.41) is 0. The summed E-state index contributed by atoms with van der Waals surface area (Å²) in [4.78, 5) is 2.52. The lowest BCUT2D eigenvalue weighted by molar-refractivity contribution is -0.0789. The van der Waals surface area contributed by atoms with Gasteiger partial charge in [-0.05, 0) is 25.7 Å². The number of nitrogens with two attached hydrogens (primary N) is 1. The van der Waals surface area contributed by atoms with Gasteiger partial charge in [-0.15, -0.1) is 0 Å². The highest BCUT2D eigenvalue weighted by atomic mass is 16.5. The molecule has 0 spiro atoms. The van der Waals surface area contributed by atoms with Gasteiger partial charge >= 0.3 is 0 Å². The van der Waals surface area contributed by atoms with Crippen LogP contribution in [-0.4, -0.2) is 56.5 Å². The molecule has 0 aromatic heterocycles. The first kappa shape index (κ1) is 12.3. The molecule has 0 aromatic rings. The van der Waals surface area contributed by atoms with E-state index in [4.69, 9.17) is 15.2 Å². The van der Waals surface area contributed by atoms with Gasteiger partial charge in [-0.25, -0.2) is 0 Å². The Bertz CT molecular complexity index is 207. The van der Waals surface area contributed by atoms with E-state index >= 15 is 0 Å². The van der Waals surface area contributed by atoms with Crippen molar-refractivity contribution in [2.75, 3.05) is 39.4 Å². The molecule has 0 aromatic carbocycles. The first-order valence-corrected chi connectivity index (χ1v) is 6.43. The van der Waals surface area contributed by atoms with Crippen molar-refractivity contribution in [3.05, 3.63) is 0 Å². The minimum absolute atomic E-state index is 0.226. The maximum Gasteiger partial charge on any atom is 0.0828 e. The van der Waals surface area contributed by atoms with E-state index in [0.717, 1.165) is 32.2 Å². The van der Waals surface area contributed by atoms with Gasteiger partial charge < -0.3 is 15.2 Å². The number of rotatable bonds is 3. The maximum atomic E-state index is 5.76. The molecule has 4 heteroatoms. The zero-order valence-electron chi connectivity index (χ0n) is 10.2. The van der Waals surface area contributed by atoms with Crippen LogP contribution >= 0.6 is 0 Å². The number of hydrogen-bond donors (Lipinski definition) is 1. The number of ether oxygens (including phenoxy) is 2. The van der Waals surface area contributed by atoms with Crippen LogP contribution in [0.5, 0.6) is 0 Å². The molecule has 2 rings (SSSR count). The molecule has 0 amide bonds. The average Bonchev–Trinajstić information content (AvgIpc) is 2.29. The molecule has 2 aliphatic heterocycles. The first-order valence-electron chi connectivity index (χ1n) is 6.43. The van der Waals surface area contributed by atoms with Crippen molar-refractivity contribution in [1.29, 1.82) is 0 Å². The lowest BCUT2D eigenvalue weighted by Crippen LogP contribution is -2.50. The second-order valence-corrected chi connectivity index (χ2v) is 5.08. The first-order chi connectivity index (χ1) is 7.78. The molecule has 4 nitrogen and oxygen atoms in total. The van der Waals surface area contributed by atoms with Gasteiger partial charge in [-0.3, -0.25) is 4.90 Å². The summed E-state index contributed by atoms with van der Waals surface area (Å²) in [6.07, 6.45) is 2.96. The molecule has 2 atom stereocenters. The van der Waals surface area contributed by atoms with E-state index in [2.05, 4.69) is 11.8 Å². The molecule has 0 saturated carbocycles. The third-order valence-electron chi connectivity index (χ3n) is 3.52. The summed E-state index contributed by atoms with van der Waals surface area (Å²) >= 11 is 0. The van der Waals surface area contributed by atoms with Crippen molar-refractivity contribution in [3.63, 3.8) is 0 Å². The highest BCUT2D eigenvalue weighted by molar-refractivity contribution is 4.78. The Kier molecular flexibility index (Phi) is 4.58. The molecule has 0 bridgehead atoms. The van der Waals surface area contributed by atoms with Crippen LogP contribution in [0, 0.1) is 5.92 Å². The molecule has 2 N–H and O–H groups in total. The quantitative estimate of drug-likeness (QED) is 0.762. The molecule has 94 valence electrons. The lowest BCUT2D eigenvalue weighted by atomic mass is 9.99. The SMILES string of the molecule is CC1CN(CC2CCOCC2)CC(CN)O1. The molecule has 2 unspecified atom stereocenters. The van der Waals surface area contributed by atoms with Crippen LogP contribution in [0.4, 0.5) is 0 Å². The summed E-state index contributed by atoms with van der Waals surface area (Å²) in [5.74, 6) is 0.803. The van der Waals surface area contributed by atoms with Crippen molar-refractivity contribution < 1.29 is 9.47 Å². The molecular formula is C12H24N2O2. The number of nitrogens with zero attached hydrogens (tertiary/aromatic N) is 1. The second-order valence-electron chi connectivity index (χ2n) is 5.08. The highest BCUT2D eigenvalue weighted by Gasteiger charge is 2.26. The van der Waals surface area contributed by atoms with Crippen molar-refractivity contribution in [1.82, 2.24) is 4.90 Å². The van der Waals surface area contributed by atoms with Crippen LogP contribution in [0.25, 0.3) is 0 Å². The standard InChI is InChI=1S/C12H24N2O2/c1-10-7-14(9-12(6-13)16-10)8-11-2-4-15-5-3-11/h10-12H,2-9,13H2,1H3. The van der Waals surface area contributed by atoms with Gasteiger partial charge in [0.25, 0.3) is 0 Å². The van der Waals surface area contributed by atoms with Crippen LogP contribution in [0.3, 0.4) is 0 Å². The van der Waals surface area contributed by atoms with Crippen LogP contribution in [0.2, 0.25) is 0 Å². The molecule has 16 heavy (non-hydrogen) atoms. The monoisotopic (exact) mass is 228 g/mol. The number of hydrogen-bond acceptors (Lipinski definition) is 4. The molecule has 2 saturated heterocycles. The van der Waals surface area contributed by atoms with E-state index in [0.29, 0.717) is 12.6 Å². The Morgan fingerprint density at radius 2 is 2.00 bits per heavy atom. The Morgan fingerprint density at radius 1 is 1.25 bits per heavy atom. The smallest absolute Gasteiger partial charge is 0.0828 e. The van der Waals surface area contributed by atoms with E-state index in [9.17, 15) is 0 Å². The predicted octanol–water partition coefficient (Wildman–Crippen LogP) is 0.461. The molecule has 2 fully saturated rings. The molecule has 2 aliphatic rings. The summed E-state index contributed by atoms with van der Waals surface area (Å²) in [6, 6.07) is 0. The van der Waals surface area contributed by atoms with Gasteiger partial charge in [0.05, 0.1) is 12.2 Å². The molecule has 0 aliphatic carbocycles. The third-order valence-corrected chi connectivity index (χ3v) is 3.52. The van der Waals surface area contributed by atoms with Gasteiger partial charge in [0.1, 0.15) is 0 Å². The molecule has 0 radical (unpaired) electrons. The topological polar surface area (TPSA) is 47.7 Å². The van der Waals surface area contributed by atoms with E-state index in [1.807, 2.05) is 0 Å². The summed E-state index contributed by atoms with van der Waals surface area (Å²) in [6.45, 7) is 7.88. The Hall–Kier alpha value is -0.160. The Morgan fingerprint density at radius 3 is 2.69 bits per heavy atom. The Balaban J connectivity index is 1.78. The van der Waals surface area contributed by atoms with Gasteiger partial charge in [-0.2, -0.15) is 0 Å². The zero-order valence-corrected chi connectivity index (χ0v) is 10.2. The summed E-state index contributed by atoms with van der Waals surface area (Å²) in [5.41, 5.74) is 5.69. The number of morpholine rings is 1. The van der Waals surface area contributed by atoms with Gasteiger partial charge in [0.2, 0.25) is 0 Å². The largest absolute Gasteiger partial charge is 0.381 e. The van der Waals surface area contributed by atoms with Crippen LogP contribution in [0.1, 0.15) is 19.8 Å². The van der Waals surface area contributed by atoms with E-state index in [1.165, 1.54) is 19.4 Å². The molecular weight excluding hydrogens is 204 g/mol.